The maximum absolute atomic E-state index is 13.4. The number of carbonyl (C=O) groups is 1. The normalized spacial score (nSPS) is 15.2. The zero-order valence-corrected chi connectivity index (χ0v) is 16.1. The number of aromatic nitrogens is 1. The molecule has 27 heavy (non-hydrogen) atoms. The molecule has 1 aromatic carbocycles. The summed E-state index contributed by atoms with van der Waals surface area (Å²) in [4.78, 5) is 21.4. The Kier molecular flexibility index (Phi) is 6.06. The Hall–Kier alpha value is -2.47. The third kappa shape index (κ3) is 4.83. The van der Waals surface area contributed by atoms with E-state index < -0.39 is 0 Å². The number of nitrogens with zero attached hydrogens (tertiary/aromatic N) is 3. The van der Waals surface area contributed by atoms with Crippen molar-refractivity contribution >= 4 is 11.8 Å². The Morgan fingerprint density at radius 2 is 1.96 bits per heavy atom. The lowest BCUT2D eigenvalue weighted by Crippen LogP contribution is -2.46. The summed E-state index contributed by atoms with van der Waals surface area (Å²) in [5.41, 5.74) is 2.39. The fourth-order valence-corrected chi connectivity index (χ4v) is 3.32. The second-order valence-electron chi connectivity index (χ2n) is 7.17. The van der Waals surface area contributed by atoms with E-state index in [0.29, 0.717) is 11.4 Å². The van der Waals surface area contributed by atoms with Crippen LogP contribution in [0.2, 0.25) is 0 Å². The van der Waals surface area contributed by atoms with Gasteiger partial charge in [0.25, 0.3) is 0 Å². The topological polar surface area (TPSA) is 45.7 Å². The average molecular weight is 371 g/mol. The van der Waals surface area contributed by atoms with E-state index in [2.05, 4.69) is 14.8 Å². The van der Waals surface area contributed by atoms with Crippen LogP contribution in [-0.2, 0) is 11.3 Å². The number of hydrogen-bond acceptors (Lipinski definition) is 5. The van der Waals surface area contributed by atoms with Crippen LogP contribution in [0.25, 0.3) is 0 Å². The SMILES string of the molecule is Cc1ccnc(N2CCN(Cc3cccc(F)c3)CC2)c1C(=O)OC(C)C. The summed E-state index contributed by atoms with van der Waals surface area (Å²) in [6.45, 7) is 9.47. The fourth-order valence-electron chi connectivity index (χ4n) is 3.32. The Morgan fingerprint density at radius 1 is 1.22 bits per heavy atom. The average Bonchev–Trinajstić information content (AvgIpc) is 2.61. The predicted molar refractivity (Wildman–Crippen MR) is 103 cm³/mol. The summed E-state index contributed by atoms with van der Waals surface area (Å²) in [6, 6.07) is 8.56. The summed E-state index contributed by atoms with van der Waals surface area (Å²) in [6.07, 6.45) is 1.56. The van der Waals surface area contributed by atoms with Crippen molar-refractivity contribution in [3.8, 4) is 0 Å². The van der Waals surface area contributed by atoms with Gasteiger partial charge in [0.2, 0.25) is 0 Å². The molecular weight excluding hydrogens is 345 g/mol. The molecule has 0 N–H and O–H groups in total. The largest absolute Gasteiger partial charge is 0.459 e. The van der Waals surface area contributed by atoms with Crippen molar-refractivity contribution in [2.75, 3.05) is 31.1 Å². The van der Waals surface area contributed by atoms with Crippen molar-refractivity contribution < 1.29 is 13.9 Å². The van der Waals surface area contributed by atoms with Crippen LogP contribution in [0.5, 0.6) is 0 Å². The molecule has 1 aromatic heterocycles. The Labute approximate surface area is 159 Å². The molecule has 144 valence electrons. The van der Waals surface area contributed by atoms with Crippen molar-refractivity contribution in [3.63, 3.8) is 0 Å². The van der Waals surface area contributed by atoms with Gasteiger partial charge in [-0.2, -0.15) is 0 Å². The van der Waals surface area contributed by atoms with Crippen LogP contribution in [-0.4, -0.2) is 48.1 Å². The number of ether oxygens (including phenoxy) is 1. The van der Waals surface area contributed by atoms with E-state index in [1.54, 1.807) is 18.3 Å². The van der Waals surface area contributed by atoms with Gasteiger partial charge >= 0.3 is 5.97 Å². The summed E-state index contributed by atoms with van der Waals surface area (Å²) in [7, 11) is 0. The standard InChI is InChI=1S/C21H26FN3O2/c1-15(2)27-21(26)19-16(3)7-8-23-20(19)25-11-9-24(10-12-25)14-17-5-4-6-18(22)13-17/h4-8,13,15H,9-12,14H2,1-3H3. The van der Waals surface area contributed by atoms with Crippen molar-refractivity contribution in [2.45, 2.75) is 33.4 Å². The summed E-state index contributed by atoms with van der Waals surface area (Å²) in [5.74, 6) is 0.155. The maximum Gasteiger partial charge on any atom is 0.342 e. The second-order valence-corrected chi connectivity index (χ2v) is 7.17. The van der Waals surface area contributed by atoms with Gasteiger partial charge in [-0.05, 0) is 50.1 Å². The summed E-state index contributed by atoms with van der Waals surface area (Å²) < 4.78 is 18.8. The molecule has 0 unspecified atom stereocenters. The molecule has 1 aliphatic rings. The van der Waals surface area contributed by atoms with Gasteiger partial charge in [0, 0.05) is 38.9 Å². The quantitative estimate of drug-likeness (QED) is 0.754. The molecule has 2 aromatic rings. The Morgan fingerprint density at radius 3 is 2.63 bits per heavy atom. The van der Waals surface area contributed by atoms with Crippen LogP contribution in [0.1, 0.15) is 35.3 Å². The van der Waals surface area contributed by atoms with Gasteiger partial charge in [-0.1, -0.05) is 12.1 Å². The van der Waals surface area contributed by atoms with E-state index in [-0.39, 0.29) is 17.9 Å². The molecule has 0 bridgehead atoms. The van der Waals surface area contributed by atoms with E-state index in [1.165, 1.54) is 6.07 Å². The summed E-state index contributed by atoms with van der Waals surface area (Å²) >= 11 is 0. The van der Waals surface area contributed by atoms with Crippen molar-refractivity contribution in [3.05, 3.63) is 59.0 Å². The van der Waals surface area contributed by atoms with Crippen molar-refractivity contribution in [2.24, 2.45) is 0 Å². The van der Waals surface area contributed by atoms with Gasteiger partial charge in [-0.3, -0.25) is 4.90 Å². The molecule has 1 aliphatic heterocycles. The highest BCUT2D eigenvalue weighted by molar-refractivity contribution is 5.96. The first kappa shape index (κ1) is 19.3. The molecule has 6 heteroatoms. The van der Waals surface area contributed by atoms with Gasteiger partial charge in [-0.25, -0.2) is 14.2 Å². The smallest absolute Gasteiger partial charge is 0.342 e. The number of rotatable bonds is 5. The monoisotopic (exact) mass is 371 g/mol. The first-order valence-corrected chi connectivity index (χ1v) is 9.32. The lowest BCUT2D eigenvalue weighted by atomic mass is 10.1. The molecule has 0 saturated carbocycles. The molecule has 0 aliphatic carbocycles. The maximum atomic E-state index is 13.4. The number of aryl methyl sites for hydroxylation is 1. The Bertz CT molecular complexity index is 802. The van der Waals surface area contributed by atoms with Crippen LogP contribution in [0.4, 0.5) is 10.2 Å². The zero-order chi connectivity index (χ0) is 19.4. The highest BCUT2D eigenvalue weighted by atomic mass is 19.1. The number of esters is 1. The first-order valence-electron chi connectivity index (χ1n) is 9.32. The van der Waals surface area contributed by atoms with Crippen molar-refractivity contribution in [1.29, 1.82) is 0 Å². The molecule has 0 atom stereocenters. The number of carbonyl (C=O) groups excluding carboxylic acids is 1. The minimum Gasteiger partial charge on any atom is -0.459 e. The van der Waals surface area contributed by atoms with Gasteiger partial charge in [0.15, 0.2) is 0 Å². The van der Waals surface area contributed by atoms with Crippen LogP contribution in [0.15, 0.2) is 36.5 Å². The molecule has 2 heterocycles. The van der Waals surface area contributed by atoms with E-state index in [1.807, 2.05) is 32.9 Å². The fraction of sp³-hybridized carbons (Fsp3) is 0.429. The zero-order valence-electron chi connectivity index (χ0n) is 16.1. The minimum absolute atomic E-state index is 0.173. The number of anilines is 1. The minimum atomic E-state index is -0.326. The number of pyridine rings is 1. The molecule has 5 nitrogen and oxygen atoms in total. The number of benzene rings is 1. The molecule has 3 rings (SSSR count). The van der Waals surface area contributed by atoms with Crippen LogP contribution >= 0.6 is 0 Å². The highest BCUT2D eigenvalue weighted by Gasteiger charge is 2.25. The lowest BCUT2D eigenvalue weighted by Gasteiger charge is -2.36. The molecule has 0 radical (unpaired) electrons. The third-order valence-electron chi connectivity index (χ3n) is 4.65. The van der Waals surface area contributed by atoms with E-state index in [9.17, 15) is 9.18 Å². The highest BCUT2D eigenvalue weighted by Crippen LogP contribution is 2.24. The van der Waals surface area contributed by atoms with Gasteiger partial charge in [0.1, 0.15) is 17.2 Å². The summed E-state index contributed by atoms with van der Waals surface area (Å²) in [5, 5.41) is 0. The lowest BCUT2D eigenvalue weighted by molar-refractivity contribution is 0.0377. The molecular formula is C21H26FN3O2. The van der Waals surface area contributed by atoms with E-state index >= 15 is 0 Å². The number of halogens is 1. The molecule has 0 spiro atoms. The molecule has 0 amide bonds. The van der Waals surface area contributed by atoms with E-state index in [0.717, 1.165) is 43.9 Å². The van der Waals surface area contributed by atoms with Gasteiger partial charge in [-0.15, -0.1) is 0 Å². The molecule has 1 saturated heterocycles. The predicted octanol–water partition coefficient (Wildman–Crippen LogP) is 3.42. The van der Waals surface area contributed by atoms with Crippen LogP contribution < -0.4 is 4.90 Å². The van der Waals surface area contributed by atoms with Crippen LogP contribution in [0.3, 0.4) is 0 Å². The van der Waals surface area contributed by atoms with Crippen molar-refractivity contribution in [1.82, 2.24) is 9.88 Å². The number of hydrogen-bond donors (Lipinski definition) is 0. The molecule has 1 fully saturated rings. The first-order chi connectivity index (χ1) is 12.9. The third-order valence-corrected chi connectivity index (χ3v) is 4.65. The Balaban J connectivity index is 1.69. The van der Waals surface area contributed by atoms with E-state index in [4.69, 9.17) is 4.74 Å². The van der Waals surface area contributed by atoms with Crippen LogP contribution in [0, 0.1) is 12.7 Å². The number of piperazine rings is 1. The van der Waals surface area contributed by atoms with Gasteiger partial charge < -0.3 is 9.64 Å². The second kappa shape index (κ2) is 8.48. The van der Waals surface area contributed by atoms with Gasteiger partial charge in [0.05, 0.1) is 6.10 Å².